The molecule has 1 fully saturated rings. The van der Waals surface area contributed by atoms with Gasteiger partial charge in [0.25, 0.3) is 0 Å². The van der Waals surface area contributed by atoms with Crippen molar-refractivity contribution in [1.82, 2.24) is 5.32 Å². The van der Waals surface area contributed by atoms with E-state index in [1.165, 1.54) is 0 Å². The molecule has 1 aliphatic heterocycles. The number of benzene rings is 1. The maximum Gasteiger partial charge on any atom is 0.410 e. The molecule has 4 nitrogen and oxygen atoms in total. The summed E-state index contributed by atoms with van der Waals surface area (Å²) in [4.78, 5) is 11.2. The van der Waals surface area contributed by atoms with Crippen LogP contribution in [0.5, 0.6) is 0 Å². The highest BCUT2D eigenvalue weighted by Gasteiger charge is 2.53. The molecule has 2 N–H and O–H groups in total. The van der Waals surface area contributed by atoms with Gasteiger partial charge in [-0.15, -0.1) is 0 Å². The summed E-state index contributed by atoms with van der Waals surface area (Å²) in [5.74, 6) is 0. The number of aliphatic hydroxyl groups is 1. The quantitative estimate of drug-likeness (QED) is 0.794. The van der Waals surface area contributed by atoms with Crippen LogP contribution in [0.25, 0.3) is 0 Å². The van der Waals surface area contributed by atoms with Crippen LogP contribution in [0.15, 0.2) is 30.3 Å². The Morgan fingerprint density at radius 3 is 2.44 bits per heavy atom. The third kappa shape index (κ3) is 1.76. The van der Waals surface area contributed by atoms with E-state index in [4.69, 9.17) is 4.74 Å². The topological polar surface area (TPSA) is 58.6 Å². The normalized spacial score (nSPS) is 33.3. The highest BCUT2D eigenvalue weighted by molar-refractivity contribution is 5.71. The first-order valence-electron chi connectivity index (χ1n) is 5.20. The van der Waals surface area contributed by atoms with Crippen LogP contribution in [0.4, 0.5) is 4.79 Å². The Kier molecular flexibility index (Phi) is 2.39. The average Bonchev–Trinajstić information content (AvgIpc) is 2.36. The summed E-state index contributed by atoms with van der Waals surface area (Å²) >= 11 is 0. The van der Waals surface area contributed by atoms with Crippen LogP contribution < -0.4 is 5.32 Å². The molecule has 0 unspecified atom stereocenters. The van der Waals surface area contributed by atoms with Crippen molar-refractivity contribution in [2.75, 3.05) is 0 Å². The zero-order valence-corrected chi connectivity index (χ0v) is 9.36. The first-order chi connectivity index (χ1) is 7.43. The smallest absolute Gasteiger partial charge is 0.410 e. The zero-order valence-electron chi connectivity index (χ0n) is 9.36. The van der Waals surface area contributed by atoms with E-state index in [1.54, 1.807) is 13.8 Å². The van der Waals surface area contributed by atoms with E-state index in [1.807, 2.05) is 30.3 Å². The van der Waals surface area contributed by atoms with Gasteiger partial charge in [0.15, 0.2) is 11.3 Å². The number of hydrogen-bond acceptors (Lipinski definition) is 3. The van der Waals surface area contributed by atoms with E-state index in [0.29, 0.717) is 6.42 Å². The van der Waals surface area contributed by atoms with Crippen molar-refractivity contribution >= 4 is 6.09 Å². The summed E-state index contributed by atoms with van der Waals surface area (Å²) in [5, 5.41) is 12.5. The van der Waals surface area contributed by atoms with Gasteiger partial charge in [-0.2, -0.15) is 0 Å². The molecule has 1 aliphatic rings. The van der Waals surface area contributed by atoms with Gasteiger partial charge in [0, 0.05) is 6.42 Å². The third-order valence-corrected chi connectivity index (χ3v) is 3.08. The molecule has 86 valence electrons. The molecule has 0 radical (unpaired) electrons. The molecule has 1 aromatic carbocycles. The average molecular weight is 221 g/mol. The fourth-order valence-electron chi connectivity index (χ4n) is 1.85. The number of rotatable bonds is 2. The van der Waals surface area contributed by atoms with Gasteiger partial charge in [0.2, 0.25) is 0 Å². The van der Waals surface area contributed by atoms with Crippen LogP contribution in [0, 0.1) is 0 Å². The third-order valence-electron chi connectivity index (χ3n) is 3.08. The lowest BCUT2D eigenvalue weighted by atomic mass is 9.87. The van der Waals surface area contributed by atoms with Crippen molar-refractivity contribution in [3.8, 4) is 0 Å². The Hall–Kier alpha value is -1.55. The predicted molar refractivity (Wildman–Crippen MR) is 58.8 cm³/mol. The number of amides is 1. The summed E-state index contributed by atoms with van der Waals surface area (Å²) in [5.41, 5.74) is -1.27. The molecule has 4 heteroatoms. The Labute approximate surface area is 94.2 Å². The number of alkyl carbamates (subject to hydrolysis) is 1. The minimum atomic E-state index is -1.35. The number of nitrogens with one attached hydrogen (secondary N) is 1. The summed E-state index contributed by atoms with van der Waals surface area (Å²) in [6.07, 6.45) is -0.108. The Bertz CT molecular complexity index is 402. The van der Waals surface area contributed by atoms with E-state index in [2.05, 4.69) is 5.32 Å². The maximum atomic E-state index is 11.2. The molecule has 0 bridgehead atoms. The van der Waals surface area contributed by atoms with Gasteiger partial charge in [-0.25, -0.2) is 4.79 Å². The number of carbonyl (C=O) groups is 1. The van der Waals surface area contributed by atoms with Crippen molar-refractivity contribution in [3.05, 3.63) is 35.9 Å². The van der Waals surface area contributed by atoms with Crippen molar-refractivity contribution in [3.63, 3.8) is 0 Å². The first kappa shape index (κ1) is 11.0. The number of cyclic esters (lactones) is 1. The SMILES string of the molecule is C[C@]1(O)NC(=O)O[C@]1(C)Cc1ccccc1. The predicted octanol–water partition coefficient (Wildman–Crippen LogP) is 1.44. The number of carbonyl (C=O) groups excluding carboxylic acids is 1. The van der Waals surface area contributed by atoms with E-state index in [0.717, 1.165) is 5.56 Å². The van der Waals surface area contributed by atoms with Crippen LogP contribution in [0.2, 0.25) is 0 Å². The van der Waals surface area contributed by atoms with E-state index in [9.17, 15) is 9.90 Å². The minimum absolute atomic E-state index is 0.472. The molecule has 2 rings (SSSR count). The van der Waals surface area contributed by atoms with Gasteiger partial charge in [-0.3, -0.25) is 5.32 Å². The number of hydrogen-bond donors (Lipinski definition) is 2. The van der Waals surface area contributed by atoms with E-state index >= 15 is 0 Å². The van der Waals surface area contributed by atoms with Gasteiger partial charge in [-0.1, -0.05) is 30.3 Å². The summed E-state index contributed by atoms with van der Waals surface area (Å²) in [6.45, 7) is 3.26. The second-order valence-corrected chi connectivity index (χ2v) is 4.48. The summed E-state index contributed by atoms with van der Waals surface area (Å²) < 4.78 is 5.17. The molecule has 1 heterocycles. The lowest BCUT2D eigenvalue weighted by Gasteiger charge is -2.32. The van der Waals surface area contributed by atoms with Gasteiger partial charge in [-0.05, 0) is 19.4 Å². The Morgan fingerprint density at radius 2 is 1.94 bits per heavy atom. The van der Waals surface area contributed by atoms with E-state index < -0.39 is 17.4 Å². The van der Waals surface area contributed by atoms with Crippen molar-refractivity contribution in [1.29, 1.82) is 0 Å². The van der Waals surface area contributed by atoms with Crippen LogP contribution in [0.3, 0.4) is 0 Å². The lowest BCUT2D eigenvalue weighted by Crippen LogP contribution is -2.54. The highest BCUT2D eigenvalue weighted by Crippen LogP contribution is 2.32. The van der Waals surface area contributed by atoms with Crippen LogP contribution in [-0.4, -0.2) is 22.5 Å². The maximum absolute atomic E-state index is 11.2. The van der Waals surface area contributed by atoms with E-state index in [-0.39, 0.29) is 0 Å². The van der Waals surface area contributed by atoms with Gasteiger partial charge < -0.3 is 9.84 Å². The largest absolute Gasteiger partial charge is 0.438 e. The molecule has 0 aromatic heterocycles. The minimum Gasteiger partial charge on any atom is -0.438 e. The molecular weight excluding hydrogens is 206 g/mol. The molecule has 16 heavy (non-hydrogen) atoms. The molecule has 0 aliphatic carbocycles. The van der Waals surface area contributed by atoms with Gasteiger partial charge in [0.1, 0.15) is 0 Å². The van der Waals surface area contributed by atoms with Crippen LogP contribution >= 0.6 is 0 Å². The fraction of sp³-hybridized carbons (Fsp3) is 0.417. The molecule has 1 amide bonds. The molecule has 2 atom stereocenters. The Morgan fingerprint density at radius 1 is 1.31 bits per heavy atom. The molecule has 1 aromatic rings. The number of ether oxygens (including phenoxy) is 1. The fourth-order valence-corrected chi connectivity index (χ4v) is 1.85. The molecule has 0 saturated carbocycles. The van der Waals surface area contributed by atoms with Gasteiger partial charge >= 0.3 is 6.09 Å². The van der Waals surface area contributed by atoms with Crippen molar-refractivity contribution < 1.29 is 14.6 Å². The highest BCUT2D eigenvalue weighted by atomic mass is 16.6. The van der Waals surface area contributed by atoms with Gasteiger partial charge in [0.05, 0.1) is 0 Å². The summed E-state index contributed by atoms with van der Waals surface area (Å²) in [7, 11) is 0. The standard InChI is InChI=1S/C12H15NO3/c1-11(8-9-6-4-3-5-7-9)12(2,15)13-10(14)16-11/h3-7,15H,8H2,1-2H3,(H,13,14)/t11-,12-/m1/s1. The molecule has 1 saturated heterocycles. The summed E-state index contributed by atoms with van der Waals surface area (Å²) in [6, 6.07) is 9.62. The van der Waals surface area contributed by atoms with Crippen molar-refractivity contribution in [2.45, 2.75) is 31.6 Å². The molecular formula is C12H15NO3. The van der Waals surface area contributed by atoms with Crippen LogP contribution in [-0.2, 0) is 11.2 Å². The monoisotopic (exact) mass is 221 g/mol. The zero-order chi connectivity index (χ0) is 11.8. The van der Waals surface area contributed by atoms with Crippen molar-refractivity contribution in [2.24, 2.45) is 0 Å². The van der Waals surface area contributed by atoms with Crippen LogP contribution in [0.1, 0.15) is 19.4 Å². The first-order valence-corrected chi connectivity index (χ1v) is 5.20. The second-order valence-electron chi connectivity index (χ2n) is 4.48. The molecule has 0 spiro atoms. The Balaban J connectivity index is 2.23. The second kappa shape index (κ2) is 3.49. The lowest BCUT2D eigenvalue weighted by molar-refractivity contribution is -0.0931.